The molecule has 1 rings (SSSR count). The number of allylic oxidation sites excluding steroid dienone is 1. The molecule has 0 spiro atoms. The monoisotopic (exact) mass is 251 g/mol. The molecule has 1 aromatic carbocycles. The first-order chi connectivity index (χ1) is 8.76. The van der Waals surface area contributed by atoms with Crippen LogP contribution >= 0.6 is 0 Å². The zero-order chi connectivity index (χ0) is 13.4. The van der Waals surface area contributed by atoms with Gasteiger partial charge in [-0.15, -0.1) is 0 Å². The average Bonchev–Trinajstić information content (AvgIpc) is 2.40. The Morgan fingerprint density at radius 2 is 1.78 bits per heavy atom. The third-order valence-corrected chi connectivity index (χ3v) is 2.46. The first-order valence-electron chi connectivity index (χ1n) is 5.90. The third kappa shape index (κ3) is 3.67. The minimum absolute atomic E-state index is 0.495. The Bertz CT molecular complexity index is 377. The third-order valence-electron chi connectivity index (χ3n) is 2.46. The first kappa shape index (κ1) is 14.4. The molecule has 0 fully saturated rings. The van der Waals surface area contributed by atoms with Crippen LogP contribution in [0.2, 0.25) is 0 Å². The van der Waals surface area contributed by atoms with Crippen LogP contribution in [0.1, 0.15) is 12.5 Å². The van der Waals surface area contributed by atoms with Gasteiger partial charge in [-0.2, -0.15) is 0 Å². The second-order valence-corrected chi connectivity index (χ2v) is 3.74. The quantitative estimate of drug-likeness (QED) is 0.755. The number of hydrogen-bond donors (Lipinski definition) is 1. The molecule has 0 unspecified atom stereocenters. The second-order valence-electron chi connectivity index (χ2n) is 3.74. The highest BCUT2D eigenvalue weighted by molar-refractivity contribution is 5.54. The second kappa shape index (κ2) is 7.61. The van der Waals surface area contributed by atoms with E-state index in [-0.39, 0.29) is 0 Å². The van der Waals surface area contributed by atoms with E-state index in [1.807, 2.05) is 38.3 Å². The van der Waals surface area contributed by atoms with Crippen LogP contribution in [0.15, 0.2) is 24.3 Å². The first-order valence-corrected chi connectivity index (χ1v) is 5.90. The van der Waals surface area contributed by atoms with Crippen molar-refractivity contribution in [2.75, 3.05) is 27.9 Å². The van der Waals surface area contributed by atoms with Gasteiger partial charge in [-0.25, -0.2) is 0 Å². The summed E-state index contributed by atoms with van der Waals surface area (Å²) < 4.78 is 16.4. The van der Waals surface area contributed by atoms with Crippen molar-refractivity contribution >= 4 is 0 Å². The molecule has 0 bridgehead atoms. The van der Waals surface area contributed by atoms with Crippen molar-refractivity contribution in [1.82, 2.24) is 5.32 Å². The van der Waals surface area contributed by atoms with E-state index in [1.54, 1.807) is 14.2 Å². The number of hydrogen-bond acceptors (Lipinski definition) is 4. The molecule has 0 heterocycles. The lowest BCUT2D eigenvalue weighted by atomic mass is 10.2. The number of methoxy groups -OCH3 is 2. The molecule has 0 aliphatic rings. The number of ether oxygens (including phenoxy) is 3. The van der Waals surface area contributed by atoms with Crippen LogP contribution in [0, 0.1) is 0 Å². The Hall–Kier alpha value is -1.68. The smallest absolute Gasteiger partial charge is 0.203 e. The topological polar surface area (TPSA) is 39.7 Å². The zero-order valence-corrected chi connectivity index (χ0v) is 11.4. The molecule has 0 atom stereocenters. The summed E-state index contributed by atoms with van der Waals surface area (Å²) in [5, 5.41) is 3.10. The molecule has 4 heteroatoms. The summed E-state index contributed by atoms with van der Waals surface area (Å²) in [5.41, 5.74) is 1.09. The summed E-state index contributed by atoms with van der Waals surface area (Å²) in [6.45, 7) is 3.20. The normalized spacial score (nSPS) is 10.7. The predicted molar refractivity (Wildman–Crippen MR) is 72.6 cm³/mol. The van der Waals surface area contributed by atoms with Crippen LogP contribution < -0.4 is 19.5 Å². The molecule has 0 aliphatic carbocycles. The van der Waals surface area contributed by atoms with E-state index < -0.39 is 0 Å². The number of benzene rings is 1. The van der Waals surface area contributed by atoms with Crippen molar-refractivity contribution in [3.63, 3.8) is 0 Å². The van der Waals surface area contributed by atoms with Gasteiger partial charge in [-0.1, -0.05) is 12.2 Å². The number of rotatable bonds is 7. The van der Waals surface area contributed by atoms with Crippen LogP contribution in [0.25, 0.3) is 0 Å². The number of nitrogens with one attached hydrogen (secondary N) is 1. The maximum absolute atomic E-state index is 5.67. The summed E-state index contributed by atoms with van der Waals surface area (Å²) in [6.07, 6.45) is 3.87. The van der Waals surface area contributed by atoms with Crippen molar-refractivity contribution < 1.29 is 14.2 Å². The summed E-state index contributed by atoms with van der Waals surface area (Å²) in [4.78, 5) is 0. The predicted octanol–water partition coefficient (Wildman–Crippen LogP) is 2.38. The highest BCUT2D eigenvalue weighted by Gasteiger charge is 2.13. The summed E-state index contributed by atoms with van der Waals surface area (Å²) in [7, 11) is 5.15. The summed E-state index contributed by atoms with van der Waals surface area (Å²) >= 11 is 0. The van der Waals surface area contributed by atoms with Crippen LogP contribution in [-0.2, 0) is 6.54 Å². The van der Waals surface area contributed by atoms with Crippen LogP contribution in [0.3, 0.4) is 0 Å². The summed E-state index contributed by atoms with van der Waals surface area (Å²) in [5.74, 6) is 2.01. The fraction of sp³-hybridized carbons (Fsp3) is 0.429. The summed E-state index contributed by atoms with van der Waals surface area (Å²) in [6, 6.07) is 3.90. The van der Waals surface area contributed by atoms with Crippen molar-refractivity contribution in [2.24, 2.45) is 0 Å². The van der Waals surface area contributed by atoms with E-state index in [4.69, 9.17) is 14.2 Å². The Balaban J connectivity index is 3.04. The van der Waals surface area contributed by atoms with Crippen LogP contribution in [0.5, 0.6) is 17.2 Å². The van der Waals surface area contributed by atoms with E-state index in [0.717, 1.165) is 12.1 Å². The molecule has 0 aliphatic heterocycles. The Morgan fingerprint density at radius 3 is 2.22 bits per heavy atom. The molecule has 0 radical (unpaired) electrons. The minimum Gasteiger partial charge on any atom is -0.493 e. The van der Waals surface area contributed by atoms with E-state index >= 15 is 0 Å². The highest BCUT2D eigenvalue weighted by atomic mass is 16.5. The molecule has 1 N–H and O–H groups in total. The van der Waals surface area contributed by atoms with E-state index in [2.05, 4.69) is 5.32 Å². The van der Waals surface area contributed by atoms with Gasteiger partial charge in [-0.3, -0.25) is 0 Å². The molecule has 4 nitrogen and oxygen atoms in total. The Morgan fingerprint density at radius 1 is 1.17 bits per heavy atom. The lowest BCUT2D eigenvalue weighted by Crippen LogP contribution is -2.07. The van der Waals surface area contributed by atoms with Crippen molar-refractivity contribution in [2.45, 2.75) is 13.5 Å². The molecule has 0 amide bonds. The lowest BCUT2D eigenvalue weighted by molar-refractivity contribution is 0.300. The molecule has 0 saturated heterocycles. The van der Waals surface area contributed by atoms with E-state index in [0.29, 0.717) is 23.9 Å². The fourth-order valence-corrected chi connectivity index (χ4v) is 1.61. The lowest BCUT2D eigenvalue weighted by Gasteiger charge is -2.15. The van der Waals surface area contributed by atoms with Gasteiger partial charge in [0.25, 0.3) is 0 Å². The van der Waals surface area contributed by atoms with Crippen molar-refractivity contribution in [3.05, 3.63) is 29.8 Å². The van der Waals surface area contributed by atoms with Crippen molar-refractivity contribution in [1.29, 1.82) is 0 Å². The van der Waals surface area contributed by atoms with Gasteiger partial charge in [0.15, 0.2) is 11.5 Å². The van der Waals surface area contributed by atoms with Gasteiger partial charge >= 0.3 is 0 Å². The van der Waals surface area contributed by atoms with Gasteiger partial charge < -0.3 is 19.5 Å². The highest BCUT2D eigenvalue weighted by Crippen LogP contribution is 2.38. The largest absolute Gasteiger partial charge is 0.493 e. The van der Waals surface area contributed by atoms with Gasteiger partial charge in [0.2, 0.25) is 5.75 Å². The molecule has 0 aromatic heterocycles. The molecular formula is C14H21NO3. The minimum atomic E-state index is 0.495. The molecule has 0 saturated carbocycles. The molecular weight excluding hydrogens is 230 g/mol. The zero-order valence-electron chi connectivity index (χ0n) is 11.4. The SMILES string of the molecule is C/C=C/COc1c(OC)cc(CNC)cc1OC. The van der Waals surface area contributed by atoms with Crippen LogP contribution in [-0.4, -0.2) is 27.9 Å². The molecule has 18 heavy (non-hydrogen) atoms. The van der Waals surface area contributed by atoms with Gasteiger partial charge in [0.05, 0.1) is 14.2 Å². The van der Waals surface area contributed by atoms with Gasteiger partial charge in [0.1, 0.15) is 6.61 Å². The molecule has 1 aromatic rings. The van der Waals surface area contributed by atoms with E-state index in [1.165, 1.54) is 0 Å². The van der Waals surface area contributed by atoms with E-state index in [9.17, 15) is 0 Å². The maximum Gasteiger partial charge on any atom is 0.203 e. The fourth-order valence-electron chi connectivity index (χ4n) is 1.61. The molecule has 100 valence electrons. The standard InChI is InChI=1S/C14H21NO3/c1-5-6-7-18-14-12(16-3)8-11(10-15-2)9-13(14)17-4/h5-6,8-9,15H,7,10H2,1-4H3/b6-5+. The maximum atomic E-state index is 5.67. The van der Waals surface area contributed by atoms with Gasteiger partial charge in [0, 0.05) is 6.54 Å². The Labute approximate surface area is 109 Å². The Kier molecular flexibility index (Phi) is 6.08. The van der Waals surface area contributed by atoms with Gasteiger partial charge in [-0.05, 0) is 31.7 Å². The average molecular weight is 251 g/mol. The van der Waals surface area contributed by atoms with Crippen LogP contribution in [0.4, 0.5) is 0 Å². The van der Waals surface area contributed by atoms with Crippen molar-refractivity contribution in [3.8, 4) is 17.2 Å².